The third kappa shape index (κ3) is 4.01. The second kappa shape index (κ2) is 8.41. The summed E-state index contributed by atoms with van der Waals surface area (Å²) >= 11 is 0. The molecule has 2 aromatic rings. The lowest BCUT2D eigenvalue weighted by molar-refractivity contribution is -0.152. The van der Waals surface area contributed by atoms with Crippen molar-refractivity contribution in [3.63, 3.8) is 0 Å². The Morgan fingerprint density at radius 2 is 1.87 bits per heavy atom. The van der Waals surface area contributed by atoms with Crippen LogP contribution in [-0.2, 0) is 14.3 Å². The molecule has 0 saturated carbocycles. The van der Waals surface area contributed by atoms with Gasteiger partial charge in [0.25, 0.3) is 0 Å². The van der Waals surface area contributed by atoms with Crippen molar-refractivity contribution in [2.45, 2.75) is 33.6 Å². The second-order valence-corrected chi connectivity index (χ2v) is 8.05. The van der Waals surface area contributed by atoms with E-state index in [-0.39, 0.29) is 23.7 Å². The summed E-state index contributed by atoms with van der Waals surface area (Å²) in [4.78, 5) is 37.6. The number of hydrogen-bond acceptors (Lipinski definition) is 7. The number of ether oxygens (including phenoxy) is 1. The highest BCUT2D eigenvalue weighted by Gasteiger charge is 2.38. The minimum Gasteiger partial charge on any atom is -0.466 e. The Morgan fingerprint density at radius 1 is 1.10 bits per heavy atom. The monoisotopic (exact) mass is 412 g/mol. The van der Waals surface area contributed by atoms with E-state index >= 15 is 0 Å². The SMILES string of the molecule is CCOC(=O)C1CCCN(C(=O)C2CN(c3cc(-n4nc(C)cc4C)ncn3)C2)C1. The lowest BCUT2D eigenvalue weighted by Crippen LogP contribution is -2.56. The minimum atomic E-state index is -0.205. The van der Waals surface area contributed by atoms with Gasteiger partial charge in [0.05, 0.1) is 24.1 Å². The van der Waals surface area contributed by atoms with E-state index < -0.39 is 0 Å². The summed E-state index contributed by atoms with van der Waals surface area (Å²) in [6.45, 7) is 8.52. The van der Waals surface area contributed by atoms with Crippen molar-refractivity contribution in [3.8, 4) is 5.82 Å². The van der Waals surface area contributed by atoms with Crippen molar-refractivity contribution in [1.82, 2.24) is 24.6 Å². The van der Waals surface area contributed by atoms with Gasteiger partial charge in [0.15, 0.2) is 5.82 Å². The summed E-state index contributed by atoms with van der Waals surface area (Å²) in [7, 11) is 0. The number of esters is 1. The molecule has 160 valence electrons. The van der Waals surface area contributed by atoms with Crippen LogP contribution in [0.3, 0.4) is 0 Å². The van der Waals surface area contributed by atoms with Gasteiger partial charge in [-0.3, -0.25) is 9.59 Å². The Balaban J connectivity index is 1.37. The molecule has 2 aliphatic rings. The number of likely N-dealkylation sites (tertiary alicyclic amines) is 1. The zero-order valence-electron chi connectivity index (χ0n) is 17.7. The molecule has 2 fully saturated rings. The van der Waals surface area contributed by atoms with Crippen LogP contribution in [-0.4, -0.2) is 69.3 Å². The van der Waals surface area contributed by atoms with Crippen molar-refractivity contribution in [2.75, 3.05) is 37.7 Å². The van der Waals surface area contributed by atoms with E-state index in [9.17, 15) is 9.59 Å². The summed E-state index contributed by atoms with van der Waals surface area (Å²) in [5, 5.41) is 4.47. The molecule has 4 heterocycles. The Kier molecular flexibility index (Phi) is 5.69. The van der Waals surface area contributed by atoms with Gasteiger partial charge >= 0.3 is 5.97 Å². The lowest BCUT2D eigenvalue weighted by Gasteiger charge is -2.42. The molecule has 0 N–H and O–H groups in total. The van der Waals surface area contributed by atoms with E-state index in [1.807, 2.05) is 30.9 Å². The van der Waals surface area contributed by atoms with Crippen molar-refractivity contribution >= 4 is 17.7 Å². The summed E-state index contributed by atoms with van der Waals surface area (Å²) in [6.07, 6.45) is 3.16. The van der Waals surface area contributed by atoms with Crippen LogP contribution in [0, 0.1) is 25.7 Å². The Morgan fingerprint density at radius 3 is 2.57 bits per heavy atom. The molecule has 0 aromatic carbocycles. The predicted molar refractivity (Wildman–Crippen MR) is 110 cm³/mol. The van der Waals surface area contributed by atoms with Crippen molar-refractivity contribution < 1.29 is 14.3 Å². The molecule has 0 radical (unpaired) electrons. The average Bonchev–Trinajstić information content (AvgIpc) is 3.05. The van der Waals surface area contributed by atoms with Gasteiger partial charge in [0, 0.05) is 37.9 Å². The molecule has 0 bridgehead atoms. The molecule has 9 nitrogen and oxygen atoms in total. The molecule has 4 rings (SSSR count). The fourth-order valence-electron chi connectivity index (χ4n) is 4.20. The van der Waals surface area contributed by atoms with Gasteiger partial charge in [-0.05, 0) is 39.7 Å². The smallest absolute Gasteiger partial charge is 0.310 e. The molecule has 0 spiro atoms. The highest BCUT2D eigenvalue weighted by Crippen LogP contribution is 2.27. The number of aryl methyl sites for hydroxylation is 2. The van der Waals surface area contributed by atoms with Crippen LogP contribution in [0.1, 0.15) is 31.2 Å². The molecule has 2 saturated heterocycles. The first kappa shape index (κ1) is 20.3. The minimum absolute atomic E-state index is 0.0713. The van der Waals surface area contributed by atoms with Gasteiger partial charge in [-0.1, -0.05) is 0 Å². The molecule has 1 atom stereocenters. The Labute approximate surface area is 176 Å². The van der Waals surface area contributed by atoms with E-state index in [1.54, 1.807) is 11.6 Å². The fourth-order valence-corrected chi connectivity index (χ4v) is 4.20. The van der Waals surface area contributed by atoms with Gasteiger partial charge in [0.2, 0.25) is 5.91 Å². The maximum Gasteiger partial charge on any atom is 0.310 e. The summed E-state index contributed by atoms with van der Waals surface area (Å²) < 4.78 is 6.93. The highest BCUT2D eigenvalue weighted by atomic mass is 16.5. The number of anilines is 1. The summed E-state index contributed by atoms with van der Waals surface area (Å²) in [6, 6.07) is 3.90. The first-order valence-electron chi connectivity index (χ1n) is 10.5. The van der Waals surface area contributed by atoms with Crippen LogP contribution in [0.15, 0.2) is 18.5 Å². The number of carbonyl (C=O) groups excluding carboxylic acids is 2. The number of carbonyl (C=O) groups is 2. The van der Waals surface area contributed by atoms with Gasteiger partial charge in [-0.15, -0.1) is 0 Å². The van der Waals surface area contributed by atoms with Gasteiger partial charge in [0.1, 0.15) is 12.1 Å². The van der Waals surface area contributed by atoms with E-state index in [4.69, 9.17) is 4.74 Å². The second-order valence-electron chi connectivity index (χ2n) is 8.05. The van der Waals surface area contributed by atoms with Crippen LogP contribution in [0.5, 0.6) is 0 Å². The summed E-state index contributed by atoms with van der Waals surface area (Å²) in [5.74, 6) is 1.16. The highest BCUT2D eigenvalue weighted by molar-refractivity contribution is 5.83. The largest absolute Gasteiger partial charge is 0.466 e. The van der Waals surface area contributed by atoms with E-state index in [2.05, 4.69) is 20.0 Å². The number of piperidine rings is 1. The van der Waals surface area contributed by atoms with Crippen LogP contribution in [0.2, 0.25) is 0 Å². The predicted octanol–water partition coefficient (Wildman–Crippen LogP) is 1.52. The van der Waals surface area contributed by atoms with Gasteiger partial charge in [-0.2, -0.15) is 5.10 Å². The molecule has 2 aliphatic heterocycles. The van der Waals surface area contributed by atoms with Crippen LogP contribution in [0.25, 0.3) is 5.82 Å². The van der Waals surface area contributed by atoms with Crippen LogP contribution in [0.4, 0.5) is 5.82 Å². The third-order valence-corrected chi connectivity index (χ3v) is 5.77. The van der Waals surface area contributed by atoms with Crippen molar-refractivity contribution in [3.05, 3.63) is 29.8 Å². The number of hydrogen-bond donors (Lipinski definition) is 0. The molecular formula is C21H28N6O3. The lowest BCUT2D eigenvalue weighted by atomic mass is 9.93. The Bertz CT molecular complexity index is 937. The topological polar surface area (TPSA) is 93.5 Å². The first-order valence-corrected chi connectivity index (χ1v) is 10.5. The Hall–Kier alpha value is -2.97. The molecule has 9 heteroatoms. The maximum absolute atomic E-state index is 12.9. The zero-order chi connectivity index (χ0) is 21.3. The first-order chi connectivity index (χ1) is 14.5. The zero-order valence-corrected chi connectivity index (χ0v) is 17.7. The fraction of sp³-hybridized carbons (Fsp3) is 0.571. The quantitative estimate of drug-likeness (QED) is 0.687. The van der Waals surface area contributed by atoms with Crippen molar-refractivity contribution in [2.24, 2.45) is 11.8 Å². The molecular weight excluding hydrogens is 384 g/mol. The number of nitrogens with zero attached hydrogens (tertiary/aromatic N) is 6. The maximum atomic E-state index is 12.9. The summed E-state index contributed by atoms with van der Waals surface area (Å²) in [5.41, 5.74) is 1.94. The van der Waals surface area contributed by atoms with Gasteiger partial charge < -0.3 is 14.5 Å². The standard InChI is InChI=1S/C21H28N6O3/c1-4-30-21(29)16-6-5-7-25(10-16)20(28)17-11-26(12-17)18-9-19(23-13-22-18)27-15(3)8-14(2)24-27/h8-9,13,16-17H,4-7,10-12H2,1-3H3. The number of aromatic nitrogens is 4. The molecule has 1 unspecified atom stereocenters. The van der Waals surface area contributed by atoms with Crippen molar-refractivity contribution in [1.29, 1.82) is 0 Å². The number of rotatable bonds is 5. The average molecular weight is 412 g/mol. The van der Waals surface area contributed by atoms with Gasteiger partial charge in [-0.25, -0.2) is 14.6 Å². The van der Waals surface area contributed by atoms with E-state index in [1.165, 1.54) is 6.33 Å². The van der Waals surface area contributed by atoms with Crippen LogP contribution < -0.4 is 4.90 Å². The molecule has 1 amide bonds. The van der Waals surface area contributed by atoms with E-state index in [0.717, 1.165) is 30.0 Å². The molecule has 30 heavy (non-hydrogen) atoms. The molecule has 2 aromatic heterocycles. The molecule has 0 aliphatic carbocycles. The van der Waals surface area contributed by atoms with E-state index in [0.29, 0.717) is 38.6 Å². The number of amides is 1. The normalized spacial score (nSPS) is 19.5. The van der Waals surface area contributed by atoms with Crippen LogP contribution >= 0.6 is 0 Å². The third-order valence-electron chi connectivity index (χ3n) is 5.77.